The highest BCUT2D eigenvalue weighted by Gasteiger charge is 2.50. The van der Waals surface area contributed by atoms with Crippen LogP contribution in [0.25, 0.3) is 0 Å². The van der Waals surface area contributed by atoms with Gasteiger partial charge in [-0.2, -0.15) is 0 Å². The summed E-state index contributed by atoms with van der Waals surface area (Å²) in [5.74, 6) is 0.354. The van der Waals surface area contributed by atoms with Gasteiger partial charge in [0.2, 0.25) is 5.91 Å². The number of benzene rings is 1. The fourth-order valence-electron chi connectivity index (χ4n) is 4.90. The summed E-state index contributed by atoms with van der Waals surface area (Å²) in [6, 6.07) is 9.03. The molecule has 2 fully saturated rings. The number of hydrogen-bond donors (Lipinski definition) is 0. The van der Waals surface area contributed by atoms with Crippen LogP contribution in [-0.4, -0.2) is 23.4 Å². The summed E-state index contributed by atoms with van der Waals surface area (Å²) in [4.78, 5) is 14.9. The first kappa shape index (κ1) is 15.6. The molecule has 1 amide bonds. The van der Waals surface area contributed by atoms with Gasteiger partial charge in [0, 0.05) is 19.0 Å². The van der Waals surface area contributed by atoms with Gasteiger partial charge in [-0.3, -0.25) is 4.79 Å². The van der Waals surface area contributed by atoms with E-state index in [9.17, 15) is 4.79 Å². The third-order valence-electron chi connectivity index (χ3n) is 5.48. The van der Waals surface area contributed by atoms with Crippen LogP contribution in [-0.2, 0) is 11.2 Å². The van der Waals surface area contributed by atoms with Gasteiger partial charge >= 0.3 is 0 Å². The molecule has 1 aliphatic heterocycles. The summed E-state index contributed by atoms with van der Waals surface area (Å²) in [6.45, 7) is 10.2. The van der Waals surface area contributed by atoms with E-state index in [2.05, 4.69) is 56.9 Å². The van der Waals surface area contributed by atoms with Gasteiger partial charge in [-0.25, -0.2) is 0 Å². The SMILES string of the molecule is Cc1ccc(CCC(=O)N2CC3(C)CC2CC(C)(C)C3)cc1. The molecular weight excluding hydrogens is 270 g/mol. The van der Waals surface area contributed by atoms with Crippen molar-refractivity contribution >= 4 is 5.91 Å². The molecule has 2 heteroatoms. The molecule has 2 atom stereocenters. The largest absolute Gasteiger partial charge is 0.339 e. The molecular formula is C20H29NO. The van der Waals surface area contributed by atoms with E-state index in [0.717, 1.165) is 13.0 Å². The second kappa shape index (κ2) is 5.40. The zero-order valence-corrected chi connectivity index (χ0v) is 14.5. The maximum atomic E-state index is 12.7. The van der Waals surface area contributed by atoms with Crippen LogP contribution in [0.5, 0.6) is 0 Å². The molecule has 1 aromatic carbocycles. The summed E-state index contributed by atoms with van der Waals surface area (Å²) in [6.07, 6.45) is 5.13. The Bertz CT molecular complexity index is 560. The molecule has 0 spiro atoms. The van der Waals surface area contributed by atoms with E-state index in [-0.39, 0.29) is 0 Å². The van der Waals surface area contributed by atoms with Crippen LogP contribution in [0.3, 0.4) is 0 Å². The Kier molecular flexibility index (Phi) is 3.82. The minimum atomic E-state index is 0.339. The van der Waals surface area contributed by atoms with E-state index in [4.69, 9.17) is 0 Å². The standard InChI is InChI=1S/C20H29NO/c1-15-5-7-16(8-6-15)9-10-18(22)21-14-20(4)12-17(21)11-19(2,3)13-20/h5-8,17H,9-14H2,1-4H3. The molecule has 1 saturated carbocycles. The van der Waals surface area contributed by atoms with Crippen LogP contribution in [0.15, 0.2) is 24.3 Å². The first-order valence-electron chi connectivity index (χ1n) is 8.61. The van der Waals surface area contributed by atoms with Crippen molar-refractivity contribution in [2.45, 2.75) is 65.8 Å². The average molecular weight is 299 g/mol. The van der Waals surface area contributed by atoms with E-state index in [1.54, 1.807) is 0 Å². The zero-order chi connectivity index (χ0) is 16.0. The van der Waals surface area contributed by atoms with E-state index in [1.807, 2.05) is 0 Å². The van der Waals surface area contributed by atoms with Gasteiger partial charge in [0.05, 0.1) is 0 Å². The Balaban J connectivity index is 1.62. The molecule has 2 bridgehead atoms. The maximum Gasteiger partial charge on any atom is 0.223 e. The van der Waals surface area contributed by atoms with Gasteiger partial charge in [-0.05, 0) is 49.0 Å². The third kappa shape index (κ3) is 3.21. The van der Waals surface area contributed by atoms with E-state index < -0.39 is 0 Å². The predicted molar refractivity (Wildman–Crippen MR) is 90.7 cm³/mol. The lowest BCUT2D eigenvalue weighted by Gasteiger charge is -2.39. The number of nitrogens with zero attached hydrogens (tertiary/aromatic N) is 1. The molecule has 1 saturated heterocycles. The predicted octanol–water partition coefficient (Wildman–Crippen LogP) is 4.35. The smallest absolute Gasteiger partial charge is 0.223 e. The molecule has 22 heavy (non-hydrogen) atoms. The molecule has 2 nitrogen and oxygen atoms in total. The summed E-state index contributed by atoms with van der Waals surface area (Å²) < 4.78 is 0. The van der Waals surface area contributed by atoms with Crippen LogP contribution >= 0.6 is 0 Å². The fourth-order valence-corrected chi connectivity index (χ4v) is 4.90. The van der Waals surface area contributed by atoms with Crippen LogP contribution < -0.4 is 0 Å². The molecule has 0 aromatic heterocycles. The lowest BCUT2D eigenvalue weighted by Crippen LogP contribution is -2.37. The molecule has 2 aliphatic rings. The molecule has 2 unspecified atom stereocenters. The van der Waals surface area contributed by atoms with Crippen molar-refractivity contribution in [3.63, 3.8) is 0 Å². The van der Waals surface area contributed by atoms with Crippen LogP contribution in [0.2, 0.25) is 0 Å². The van der Waals surface area contributed by atoms with Crippen molar-refractivity contribution in [3.8, 4) is 0 Å². The van der Waals surface area contributed by atoms with Crippen molar-refractivity contribution in [1.82, 2.24) is 4.90 Å². The summed E-state index contributed by atoms with van der Waals surface area (Å²) >= 11 is 0. The summed E-state index contributed by atoms with van der Waals surface area (Å²) in [5, 5.41) is 0. The number of hydrogen-bond acceptors (Lipinski definition) is 1. The van der Waals surface area contributed by atoms with E-state index in [0.29, 0.717) is 29.2 Å². The topological polar surface area (TPSA) is 20.3 Å². The minimum Gasteiger partial charge on any atom is -0.339 e. The van der Waals surface area contributed by atoms with Gasteiger partial charge in [-0.15, -0.1) is 0 Å². The number of amides is 1. The Morgan fingerprint density at radius 2 is 1.86 bits per heavy atom. The number of aryl methyl sites for hydroxylation is 2. The van der Waals surface area contributed by atoms with E-state index in [1.165, 1.54) is 30.4 Å². The molecule has 0 N–H and O–H groups in total. The Labute approximate surface area is 134 Å². The van der Waals surface area contributed by atoms with Crippen molar-refractivity contribution in [1.29, 1.82) is 0 Å². The van der Waals surface area contributed by atoms with Crippen LogP contribution in [0, 0.1) is 17.8 Å². The highest BCUT2D eigenvalue weighted by molar-refractivity contribution is 5.77. The highest BCUT2D eigenvalue weighted by atomic mass is 16.2. The van der Waals surface area contributed by atoms with Crippen molar-refractivity contribution in [3.05, 3.63) is 35.4 Å². The zero-order valence-electron chi connectivity index (χ0n) is 14.5. The summed E-state index contributed by atoms with van der Waals surface area (Å²) in [7, 11) is 0. The number of likely N-dealkylation sites (tertiary alicyclic amines) is 1. The lowest BCUT2D eigenvalue weighted by atomic mass is 9.65. The molecule has 1 aliphatic carbocycles. The van der Waals surface area contributed by atoms with E-state index >= 15 is 0 Å². The molecule has 120 valence electrons. The Morgan fingerprint density at radius 1 is 1.18 bits per heavy atom. The van der Waals surface area contributed by atoms with Gasteiger partial charge in [0.25, 0.3) is 0 Å². The third-order valence-corrected chi connectivity index (χ3v) is 5.48. The average Bonchev–Trinajstić information content (AvgIpc) is 2.67. The van der Waals surface area contributed by atoms with Gasteiger partial charge < -0.3 is 4.90 Å². The van der Waals surface area contributed by atoms with Gasteiger partial charge in [0.15, 0.2) is 0 Å². The quantitative estimate of drug-likeness (QED) is 0.812. The summed E-state index contributed by atoms with van der Waals surface area (Å²) in [5.41, 5.74) is 3.27. The molecule has 1 aromatic rings. The second-order valence-corrected chi connectivity index (χ2v) is 8.72. The minimum absolute atomic E-state index is 0.339. The molecule has 0 radical (unpaired) electrons. The monoisotopic (exact) mass is 299 g/mol. The maximum absolute atomic E-state index is 12.7. The number of rotatable bonds is 3. The molecule has 3 rings (SSSR count). The van der Waals surface area contributed by atoms with Crippen molar-refractivity contribution < 1.29 is 4.79 Å². The Hall–Kier alpha value is -1.31. The lowest BCUT2D eigenvalue weighted by molar-refractivity contribution is -0.132. The fraction of sp³-hybridized carbons (Fsp3) is 0.650. The van der Waals surface area contributed by atoms with Crippen LogP contribution in [0.4, 0.5) is 0 Å². The number of fused-ring (bicyclic) bond motifs is 2. The number of carbonyl (C=O) groups is 1. The van der Waals surface area contributed by atoms with Gasteiger partial charge in [0.1, 0.15) is 0 Å². The molecule has 1 heterocycles. The van der Waals surface area contributed by atoms with Gasteiger partial charge in [-0.1, -0.05) is 50.6 Å². The van der Waals surface area contributed by atoms with Crippen molar-refractivity contribution in [2.24, 2.45) is 10.8 Å². The highest BCUT2D eigenvalue weighted by Crippen LogP contribution is 2.52. The van der Waals surface area contributed by atoms with Crippen LogP contribution in [0.1, 0.15) is 57.6 Å². The Morgan fingerprint density at radius 3 is 2.55 bits per heavy atom. The normalized spacial score (nSPS) is 29.6. The second-order valence-electron chi connectivity index (χ2n) is 8.72. The van der Waals surface area contributed by atoms with Crippen molar-refractivity contribution in [2.75, 3.05) is 6.54 Å². The number of carbonyl (C=O) groups excluding carboxylic acids is 1. The first-order chi connectivity index (χ1) is 10.3. The first-order valence-corrected chi connectivity index (χ1v) is 8.61.